The maximum absolute atomic E-state index is 12.0. The van der Waals surface area contributed by atoms with E-state index in [1.54, 1.807) is 0 Å². The van der Waals surface area contributed by atoms with Crippen LogP contribution >= 0.6 is 0 Å². The van der Waals surface area contributed by atoms with Crippen LogP contribution < -0.4 is 0 Å². The van der Waals surface area contributed by atoms with E-state index in [1.807, 2.05) is 6.92 Å². The van der Waals surface area contributed by atoms with Crippen LogP contribution in [0.3, 0.4) is 0 Å². The zero-order valence-corrected chi connectivity index (χ0v) is 12.3. The lowest BCUT2D eigenvalue weighted by Crippen LogP contribution is -2.20. The number of ether oxygens (including phenoxy) is 1. The molecular formula is C14H26O3S. The first kappa shape index (κ1) is 15.7. The van der Waals surface area contributed by atoms with Crippen molar-refractivity contribution < 1.29 is 13.7 Å². The zero-order chi connectivity index (χ0) is 13.2. The van der Waals surface area contributed by atoms with E-state index < -0.39 is 10.8 Å². The van der Waals surface area contributed by atoms with Crippen molar-refractivity contribution in [1.82, 2.24) is 0 Å². The van der Waals surface area contributed by atoms with Crippen LogP contribution in [0.2, 0.25) is 0 Å². The van der Waals surface area contributed by atoms with Crippen LogP contribution in [0.5, 0.6) is 0 Å². The third kappa shape index (κ3) is 6.53. The van der Waals surface area contributed by atoms with Crippen molar-refractivity contribution in [2.45, 2.75) is 70.0 Å². The number of unbranched alkanes of at least 4 members (excludes halogenated alkanes) is 2. The van der Waals surface area contributed by atoms with Crippen LogP contribution in [0, 0.1) is 0 Å². The predicted molar refractivity (Wildman–Crippen MR) is 75.0 cm³/mol. The van der Waals surface area contributed by atoms with Crippen molar-refractivity contribution in [3.05, 3.63) is 0 Å². The molecule has 0 amide bonds. The zero-order valence-electron chi connectivity index (χ0n) is 11.5. The summed E-state index contributed by atoms with van der Waals surface area (Å²) in [7, 11) is -0.640. The van der Waals surface area contributed by atoms with Gasteiger partial charge in [0.15, 0.2) is 0 Å². The molecule has 0 saturated heterocycles. The summed E-state index contributed by atoms with van der Waals surface area (Å²) in [5.74, 6) is 0.707. The largest absolute Gasteiger partial charge is 0.466 e. The number of hydrogen-bond acceptors (Lipinski definition) is 3. The van der Waals surface area contributed by atoms with Gasteiger partial charge in [0.05, 0.1) is 6.61 Å². The molecule has 4 heteroatoms. The van der Waals surface area contributed by atoms with Gasteiger partial charge in [0.25, 0.3) is 0 Å². The molecule has 1 saturated carbocycles. The Morgan fingerprint density at radius 3 is 2.56 bits per heavy atom. The van der Waals surface area contributed by atoms with E-state index in [4.69, 9.17) is 4.74 Å². The summed E-state index contributed by atoms with van der Waals surface area (Å²) in [5.41, 5.74) is 0. The number of esters is 1. The minimum absolute atomic E-state index is 0.106. The van der Waals surface area contributed by atoms with E-state index in [1.165, 1.54) is 19.3 Å². The van der Waals surface area contributed by atoms with Gasteiger partial charge in [-0.3, -0.25) is 9.00 Å². The lowest BCUT2D eigenvalue weighted by Gasteiger charge is -2.20. The van der Waals surface area contributed by atoms with Crippen molar-refractivity contribution in [3.63, 3.8) is 0 Å². The molecule has 0 N–H and O–H groups in total. The standard InChI is InChI=1S/C14H26O3S/c1-2-17-14(15)11-7-4-8-12-18(16)13-9-5-3-6-10-13/h13H,2-12H2,1H3. The highest BCUT2D eigenvalue weighted by atomic mass is 32.2. The number of carbonyl (C=O) groups excluding carboxylic acids is 1. The van der Waals surface area contributed by atoms with Gasteiger partial charge in [-0.2, -0.15) is 0 Å². The molecule has 0 aliphatic heterocycles. The van der Waals surface area contributed by atoms with Crippen LogP contribution in [-0.2, 0) is 20.3 Å². The summed E-state index contributed by atoms with van der Waals surface area (Å²) in [6, 6.07) is 0. The summed E-state index contributed by atoms with van der Waals surface area (Å²) in [6.07, 6.45) is 9.43. The summed E-state index contributed by atoms with van der Waals surface area (Å²) in [5, 5.41) is 0.448. The fourth-order valence-corrected chi connectivity index (χ4v) is 4.10. The molecule has 0 aromatic carbocycles. The molecule has 0 radical (unpaired) electrons. The van der Waals surface area contributed by atoms with Gasteiger partial charge in [-0.05, 0) is 32.6 Å². The first-order valence-corrected chi connectivity index (χ1v) is 8.65. The van der Waals surface area contributed by atoms with Gasteiger partial charge in [0.2, 0.25) is 0 Å². The Morgan fingerprint density at radius 2 is 1.89 bits per heavy atom. The fraction of sp³-hybridized carbons (Fsp3) is 0.929. The van der Waals surface area contributed by atoms with Gasteiger partial charge in [0, 0.05) is 28.2 Å². The molecule has 1 unspecified atom stereocenters. The third-order valence-corrected chi connectivity index (χ3v) is 5.36. The van der Waals surface area contributed by atoms with Crippen LogP contribution in [-0.4, -0.2) is 27.8 Å². The quantitative estimate of drug-likeness (QED) is 0.504. The van der Waals surface area contributed by atoms with E-state index in [9.17, 15) is 9.00 Å². The van der Waals surface area contributed by atoms with Crippen molar-refractivity contribution in [2.24, 2.45) is 0 Å². The molecular weight excluding hydrogens is 248 g/mol. The second-order valence-corrected chi connectivity index (χ2v) is 6.80. The topological polar surface area (TPSA) is 43.4 Å². The van der Waals surface area contributed by atoms with Gasteiger partial charge >= 0.3 is 5.97 Å². The SMILES string of the molecule is CCOC(=O)CCCCCS(=O)C1CCCCC1. The summed E-state index contributed by atoms with van der Waals surface area (Å²) in [6.45, 7) is 2.29. The second kappa shape index (κ2) is 9.54. The monoisotopic (exact) mass is 274 g/mol. The Bertz CT molecular complexity index is 260. The van der Waals surface area contributed by atoms with E-state index in [0.29, 0.717) is 18.3 Å². The van der Waals surface area contributed by atoms with Gasteiger partial charge in [0.1, 0.15) is 0 Å². The molecule has 1 aliphatic carbocycles. The molecule has 1 fully saturated rings. The van der Waals surface area contributed by atoms with Gasteiger partial charge in [-0.25, -0.2) is 0 Å². The molecule has 3 nitrogen and oxygen atoms in total. The number of carbonyl (C=O) groups is 1. The maximum atomic E-state index is 12.0. The highest BCUT2D eigenvalue weighted by molar-refractivity contribution is 7.85. The molecule has 0 aromatic heterocycles. The van der Waals surface area contributed by atoms with Gasteiger partial charge < -0.3 is 4.74 Å². The predicted octanol–water partition coefficient (Wildman–Crippen LogP) is 3.19. The first-order valence-electron chi connectivity index (χ1n) is 7.27. The highest BCUT2D eigenvalue weighted by Gasteiger charge is 2.18. The van der Waals surface area contributed by atoms with E-state index in [-0.39, 0.29) is 5.97 Å². The van der Waals surface area contributed by atoms with E-state index in [2.05, 4.69) is 0 Å². The van der Waals surface area contributed by atoms with Crippen LogP contribution in [0.25, 0.3) is 0 Å². The second-order valence-electron chi connectivity index (χ2n) is 4.96. The Hall–Kier alpha value is -0.380. The number of rotatable bonds is 8. The molecule has 0 heterocycles. The van der Waals surface area contributed by atoms with Crippen LogP contribution in [0.15, 0.2) is 0 Å². The molecule has 18 heavy (non-hydrogen) atoms. The van der Waals surface area contributed by atoms with Crippen molar-refractivity contribution in [3.8, 4) is 0 Å². The Kier molecular flexibility index (Phi) is 8.31. The molecule has 1 atom stereocenters. The maximum Gasteiger partial charge on any atom is 0.305 e. The first-order chi connectivity index (χ1) is 8.74. The Balaban J connectivity index is 2.00. The third-order valence-electron chi connectivity index (χ3n) is 3.46. The van der Waals surface area contributed by atoms with Gasteiger partial charge in [-0.1, -0.05) is 25.7 Å². The van der Waals surface area contributed by atoms with Crippen molar-refractivity contribution >= 4 is 16.8 Å². The molecule has 1 aliphatic rings. The molecule has 106 valence electrons. The van der Waals surface area contributed by atoms with Crippen LogP contribution in [0.1, 0.15) is 64.7 Å². The normalized spacial score (nSPS) is 18.5. The number of hydrogen-bond donors (Lipinski definition) is 0. The smallest absolute Gasteiger partial charge is 0.305 e. The van der Waals surface area contributed by atoms with E-state index in [0.717, 1.165) is 37.9 Å². The highest BCUT2D eigenvalue weighted by Crippen LogP contribution is 2.22. The summed E-state index contributed by atoms with van der Waals surface area (Å²) < 4.78 is 16.9. The lowest BCUT2D eigenvalue weighted by molar-refractivity contribution is -0.143. The Labute approximate surface area is 113 Å². The average molecular weight is 274 g/mol. The fourth-order valence-electron chi connectivity index (χ4n) is 2.42. The minimum atomic E-state index is -0.640. The lowest BCUT2D eigenvalue weighted by atomic mass is 10.0. The van der Waals surface area contributed by atoms with E-state index >= 15 is 0 Å². The van der Waals surface area contributed by atoms with Crippen molar-refractivity contribution in [1.29, 1.82) is 0 Å². The molecule has 1 rings (SSSR count). The summed E-state index contributed by atoms with van der Waals surface area (Å²) >= 11 is 0. The van der Waals surface area contributed by atoms with Crippen molar-refractivity contribution in [2.75, 3.05) is 12.4 Å². The Morgan fingerprint density at radius 1 is 1.17 bits per heavy atom. The molecule has 0 aromatic rings. The van der Waals surface area contributed by atoms with Gasteiger partial charge in [-0.15, -0.1) is 0 Å². The minimum Gasteiger partial charge on any atom is -0.466 e. The summed E-state index contributed by atoms with van der Waals surface area (Å²) in [4.78, 5) is 11.1. The van der Waals surface area contributed by atoms with Crippen LogP contribution in [0.4, 0.5) is 0 Å². The molecule has 0 bridgehead atoms. The molecule has 0 spiro atoms. The average Bonchev–Trinajstić information content (AvgIpc) is 2.39.